The molecular weight excluding hydrogens is 500 g/mol. The number of fused-ring (bicyclic) bond motifs is 1. The molecule has 1 aliphatic carbocycles. The van der Waals surface area contributed by atoms with Crippen LogP contribution in [0.25, 0.3) is 0 Å². The number of carbonyl (C=O) groups excluding carboxylic acids is 1. The molecule has 6 heteroatoms. The van der Waals surface area contributed by atoms with Gasteiger partial charge in [-0.1, -0.05) is 60.7 Å². The summed E-state index contributed by atoms with van der Waals surface area (Å²) in [6, 6.07) is 31.7. The van der Waals surface area contributed by atoms with Gasteiger partial charge in [-0.2, -0.15) is 0 Å². The molecule has 2 N–H and O–H groups in total. The topological polar surface area (TPSA) is 68.8 Å². The van der Waals surface area contributed by atoms with Crippen LogP contribution >= 0.6 is 0 Å². The number of nitrogens with one attached hydrogen (secondary N) is 2. The number of ketones is 1. The molecule has 0 unspecified atom stereocenters. The standard InChI is InChI=1S/C34H32N2O4/c1-38-26-15-12-23(13-16-26)25-18-29-33(30(37)19-25)34(36-28-11-7-6-10-27(28)35-29)24-14-17-31(32(20-24)39-2)40-21-22-8-4-3-5-9-22/h3-17,20,25,34-36H,18-19,21H2,1-2H3/t25-,34-/m0/s1. The van der Waals surface area contributed by atoms with Crippen LogP contribution in [0.1, 0.15) is 41.5 Å². The lowest BCUT2D eigenvalue weighted by Gasteiger charge is -2.30. The summed E-state index contributed by atoms with van der Waals surface area (Å²) in [5, 5.41) is 7.26. The minimum absolute atomic E-state index is 0.0823. The van der Waals surface area contributed by atoms with Gasteiger partial charge in [0.2, 0.25) is 0 Å². The molecular formula is C34H32N2O4. The van der Waals surface area contributed by atoms with E-state index in [0.717, 1.165) is 51.5 Å². The Kier molecular flexibility index (Phi) is 7.15. The number of benzene rings is 4. The largest absolute Gasteiger partial charge is 0.497 e. The summed E-state index contributed by atoms with van der Waals surface area (Å²) in [4.78, 5) is 13.9. The predicted molar refractivity (Wildman–Crippen MR) is 157 cm³/mol. The highest BCUT2D eigenvalue weighted by Crippen LogP contribution is 2.45. The molecule has 0 saturated carbocycles. The van der Waals surface area contributed by atoms with E-state index in [4.69, 9.17) is 14.2 Å². The normalized spacial score (nSPS) is 18.0. The summed E-state index contributed by atoms with van der Waals surface area (Å²) >= 11 is 0. The zero-order valence-electron chi connectivity index (χ0n) is 22.6. The van der Waals surface area contributed by atoms with E-state index < -0.39 is 0 Å². The molecule has 202 valence electrons. The molecule has 1 aliphatic heterocycles. The summed E-state index contributed by atoms with van der Waals surface area (Å²) in [6.45, 7) is 0.441. The molecule has 1 heterocycles. The van der Waals surface area contributed by atoms with Crippen LogP contribution in [0.4, 0.5) is 11.4 Å². The number of allylic oxidation sites excluding steroid dienone is 1. The molecule has 0 aromatic heterocycles. The average molecular weight is 533 g/mol. The Morgan fingerprint density at radius 3 is 2.23 bits per heavy atom. The van der Waals surface area contributed by atoms with Crippen molar-refractivity contribution in [2.45, 2.75) is 31.4 Å². The van der Waals surface area contributed by atoms with Crippen molar-refractivity contribution >= 4 is 17.2 Å². The van der Waals surface area contributed by atoms with Crippen molar-refractivity contribution in [2.75, 3.05) is 24.9 Å². The number of methoxy groups -OCH3 is 2. The van der Waals surface area contributed by atoms with Crippen LogP contribution in [0.2, 0.25) is 0 Å². The first-order valence-electron chi connectivity index (χ1n) is 13.5. The molecule has 0 bridgehead atoms. The first kappa shape index (κ1) is 25.6. The van der Waals surface area contributed by atoms with Gasteiger partial charge in [0.05, 0.1) is 31.6 Å². The fourth-order valence-electron chi connectivity index (χ4n) is 5.57. The SMILES string of the molecule is COc1ccc([C@@H]2CC(=O)C3=C(C2)Nc2ccccc2N[C@H]3c2ccc(OCc3ccccc3)c(OC)c2)cc1. The molecule has 0 saturated heterocycles. The summed E-state index contributed by atoms with van der Waals surface area (Å²) < 4.78 is 17.2. The van der Waals surface area contributed by atoms with E-state index >= 15 is 0 Å². The third-order valence-electron chi connectivity index (χ3n) is 7.65. The second kappa shape index (κ2) is 11.2. The van der Waals surface area contributed by atoms with Gasteiger partial charge in [0.1, 0.15) is 12.4 Å². The average Bonchev–Trinajstić information content (AvgIpc) is 3.17. The Morgan fingerprint density at radius 1 is 0.750 bits per heavy atom. The van der Waals surface area contributed by atoms with E-state index in [2.05, 4.69) is 22.8 Å². The Hall–Kier alpha value is -4.71. The van der Waals surface area contributed by atoms with Crippen LogP contribution in [-0.4, -0.2) is 20.0 Å². The predicted octanol–water partition coefficient (Wildman–Crippen LogP) is 7.26. The minimum Gasteiger partial charge on any atom is -0.497 e. The molecule has 2 aliphatic rings. The Labute approximate surface area is 234 Å². The third kappa shape index (κ3) is 5.13. The first-order valence-corrected chi connectivity index (χ1v) is 13.5. The summed E-state index contributed by atoms with van der Waals surface area (Å²) in [5.74, 6) is 2.30. The van der Waals surface area contributed by atoms with E-state index in [1.807, 2.05) is 84.9 Å². The highest BCUT2D eigenvalue weighted by atomic mass is 16.5. The van der Waals surface area contributed by atoms with Gasteiger partial charge in [-0.3, -0.25) is 4.79 Å². The summed E-state index contributed by atoms with van der Waals surface area (Å²) in [5.41, 5.74) is 6.76. The van der Waals surface area contributed by atoms with Crippen molar-refractivity contribution in [1.29, 1.82) is 0 Å². The molecule has 0 fully saturated rings. The first-order chi connectivity index (χ1) is 19.6. The Balaban J connectivity index is 1.35. The second-order valence-corrected chi connectivity index (χ2v) is 10.1. The molecule has 2 atom stereocenters. The molecule has 4 aromatic carbocycles. The maximum atomic E-state index is 13.9. The minimum atomic E-state index is -0.340. The molecule has 4 aromatic rings. The lowest BCUT2D eigenvalue weighted by molar-refractivity contribution is -0.116. The summed E-state index contributed by atoms with van der Waals surface area (Å²) in [6.07, 6.45) is 1.17. The van der Waals surface area contributed by atoms with Crippen LogP contribution in [0.15, 0.2) is 108 Å². The molecule has 6 rings (SSSR count). The van der Waals surface area contributed by atoms with Crippen molar-refractivity contribution in [2.24, 2.45) is 0 Å². The van der Waals surface area contributed by atoms with Crippen molar-refractivity contribution in [3.05, 3.63) is 125 Å². The highest BCUT2D eigenvalue weighted by molar-refractivity contribution is 6.01. The number of para-hydroxylation sites is 2. The van der Waals surface area contributed by atoms with Crippen molar-refractivity contribution in [3.63, 3.8) is 0 Å². The highest BCUT2D eigenvalue weighted by Gasteiger charge is 2.36. The van der Waals surface area contributed by atoms with Gasteiger partial charge in [0.15, 0.2) is 17.3 Å². The Bertz CT molecular complexity index is 1550. The summed E-state index contributed by atoms with van der Waals surface area (Å²) in [7, 11) is 3.30. The number of carbonyl (C=O) groups is 1. The van der Waals surface area contributed by atoms with Crippen molar-refractivity contribution in [1.82, 2.24) is 0 Å². The van der Waals surface area contributed by atoms with Crippen LogP contribution in [-0.2, 0) is 11.4 Å². The number of hydrogen-bond donors (Lipinski definition) is 2. The van der Waals surface area contributed by atoms with Crippen LogP contribution in [0, 0.1) is 0 Å². The number of ether oxygens (including phenoxy) is 3. The zero-order valence-corrected chi connectivity index (χ0v) is 22.6. The smallest absolute Gasteiger partial charge is 0.163 e. The van der Waals surface area contributed by atoms with Gasteiger partial charge >= 0.3 is 0 Å². The number of rotatable bonds is 7. The maximum absolute atomic E-state index is 13.9. The van der Waals surface area contributed by atoms with Crippen molar-refractivity contribution in [3.8, 4) is 17.2 Å². The van der Waals surface area contributed by atoms with E-state index in [0.29, 0.717) is 24.5 Å². The van der Waals surface area contributed by atoms with E-state index in [-0.39, 0.29) is 17.7 Å². The van der Waals surface area contributed by atoms with Crippen molar-refractivity contribution < 1.29 is 19.0 Å². The lowest BCUT2D eigenvalue weighted by Crippen LogP contribution is -2.26. The molecule has 0 radical (unpaired) electrons. The van der Waals surface area contributed by atoms with Gasteiger partial charge in [0, 0.05) is 17.7 Å². The van der Waals surface area contributed by atoms with Gasteiger partial charge in [0.25, 0.3) is 0 Å². The molecule has 0 spiro atoms. The lowest BCUT2D eigenvalue weighted by atomic mass is 9.78. The number of hydrogen-bond acceptors (Lipinski definition) is 6. The zero-order chi connectivity index (χ0) is 27.5. The van der Waals surface area contributed by atoms with Crippen LogP contribution < -0.4 is 24.8 Å². The third-order valence-corrected chi connectivity index (χ3v) is 7.65. The fourth-order valence-corrected chi connectivity index (χ4v) is 5.57. The number of Topliss-reactive ketones (excluding diaryl/α,β-unsaturated/α-hetero) is 1. The second-order valence-electron chi connectivity index (χ2n) is 10.1. The van der Waals surface area contributed by atoms with Gasteiger partial charge < -0.3 is 24.8 Å². The molecule has 6 nitrogen and oxygen atoms in total. The molecule has 0 amide bonds. The van der Waals surface area contributed by atoms with Gasteiger partial charge in [-0.25, -0.2) is 0 Å². The quantitative estimate of drug-likeness (QED) is 0.261. The van der Waals surface area contributed by atoms with Gasteiger partial charge in [-0.05, 0) is 65.4 Å². The van der Waals surface area contributed by atoms with E-state index in [1.54, 1.807) is 14.2 Å². The number of anilines is 2. The van der Waals surface area contributed by atoms with E-state index in [9.17, 15) is 4.79 Å². The van der Waals surface area contributed by atoms with Gasteiger partial charge in [-0.15, -0.1) is 0 Å². The maximum Gasteiger partial charge on any atom is 0.163 e. The monoisotopic (exact) mass is 532 g/mol. The van der Waals surface area contributed by atoms with E-state index in [1.165, 1.54) is 0 Å². The van der Waals surface area contributed by atoms with Crippen LogP contribution in [0.3, 0.4) is 0 Å². The molecule has 40 heavy (non-hydrogen) atoms. The Morgan fingerprint density at radius 2 is 1.48 bits per heavy atom. The van der Waals surface area contributed by atoms with Crippen LogP contribution in [0.5, 0.6) is 17.2 Å². The fraction of sp³-hybridized carbons (Fsp3) is 0.206.